The highest BCUT2D eigenvalue weighted by molar-refractivity contribution is 6.12. The van der Waals surface area contributed by atoms with E-state index in [9.17, 15) is 9.59 Å². The Morgan fingerprint density at radius 1 is 1.00 bits per heavy atom. The van der Waals surface area contributed by atoms with Gasteiger partial charge in [0.1, 0.15) is 0 Å². The second kappa shape index (κ2) is 6.35. The van der Waals surface area contributed by atoms with Crippen LogP contribution >= 0.6 is 0 Å². The third-order valence-corrected chi connectivity index (χ3v) is 3.03. The average Bonchev–Trinajstić information content (AvgIpc) is 2.46. The number of carbonyl (C=O) groups is 2. The van der Waals surface area contributed by atoms with Gasteiger partial charge in [0.15, 0.2) is 0 Å². The largest absolute Gasteiger partial charge is 0.462 e. The lowest BCUT2D eigenvalue weighted by Crippen LogP contribution is -2.17. The fraction of sp³-hybridized carbons (Fsp3) is 0.312. The lowest BCUT2D eigenvalue weighted by Gasteiger charge is -2.13. The third-order valence-electron chi connectivity index (χ3n) is 3.03. The van der Waals surface area contributed by atoms with Gasteiger partial charge < -0.3 is 9.47 Å². The summed E-state index contributed by atoms with van der Waals surface area (Å²) < 4.78 is 10.1. The number of hydrogen-bond donors (Lipinski definition) is 0. The molecule has 1 heterocycles. The minimum Gasteiger partial charge on any atom is -0.462 e. The number of ether oxygens (including phenoxy) is 2. The molecule has 5 heteroatoms. The van der Waals surface area contributed by atoms with Crippen molar-refractivity contribution in [3.63, 3.8) is 0 Å². The molecule has 0 saturated heterocycles. The highest BCUT2D eigenvalue weighted by atomic mass is 16.5. The van der Waals surface area contributed by atoms with Gasteiger partial charge in [0.05, 0.1) is 35.6 Å². The first-order chi connectivity index (χ1) is 10.1. The van der Waals surface area contributed by atoms with Gasteiger partial charge in [0.2, 0.25) is 0 Å². The number of carbonyl (C=O) groups excluding carboxylic acids is 2. The normalized spacial score (nSPS) is 10.4. The quantitative estimate of drug-likeness (QED) is 0.809. The van der Waals surface area contributed by atoms with Gasteiger partial charge in [-0.15, -0.1) is 0 Å². The van der Waals surface area contributed by atoms with Crippen molar-refractivity contribution in [2.24, 2.45) is 0 Å². The molecule has 0 radical (unpaired) electrons. The highest BCUT2D eigenvalue weighted by Gasteiger charge is 2.25. The van der Waals surface area contributed by atoms with Crippen molar-refractivity contribution in [2.45, 2.75) is 20.8 Å². The maximum Gasteiger partial charge on any atom is 0.340 e. The van der Waals surface area contributed by atoms with Gasteiger partial charge in [-0.25, -0.2) is 9.59 Å². The fourth-order valence-corrected chi connectivity index (χ4v) is 2.20. The Bertz CT molecular complexity index is 694. The van der Waals surface area contributed by atoms with Crippen molar-refractivity contribution in [3.05, 3.63) is 41.1 Å². The second-order valence-electron chi connectivity index (χ2n) is 4.41. The van der Waals surface area contributed by atoms with Gasteiger partial charge in [-0.3, -0.25) is 4.98 Å². The predicted molar refractivity (Wildman–Crippen MR) is 78.4 cm³/mol. The van der Waals surface area contributed by atoms with Gasteiger partial charge in [-0.05, 0) is 26.8 Å². The summed E-state index contributed by atoms with van der Waals surface area (Å²) in [6.07, 6.45) is 0. The van der Waals surface area contributed by atoms with Crippen molar-refractivity contribution in [2.75, 3.05) is 13.2 Å². The molecule has 0 spiro atoms. The first-order valence-corrected chi connectivity index (χ1v) is 6.83. The molecule has 5 nitrogen and oxygen atoms in total. The topological polar surface area (TPSA) is 65.5 Å². The summed E-state index contributed by atoms with van der Waals surface area (Å²) in [6, 6.07) is 7.15. The Morgan fingerprint density at radius 2 is 1.57 bits per heavy atom. The Morgan fingerprint density at radius 3 is 2.19 bits per heavy atom. The van der Waals surface area contributed by atoms with Crippen molar-refractivity contribution in [1.82, 2.24) is 4.98 Å². The number of esters is 2. The first kappa shape index (κ1) is 15.0. The standard InChI is InChI=1S/C16H17NO4/c1-4-20-15(18)13-10(3)17-12-9-7-6-8-11(12)14(13)16(19)21-5-2/h6-9H,4-5H2,1-3H3. The zero-order valence-electron chi connectivity index (χ0n) is 12.3. The summed E-state index contributed by atoms with van der Waals surface area (Å²) in [4.78, 5) is 28.8. The van der Waals surface area contributed by atoms with Crippen LogP contribution in [0.25, 0.3) is 10.9 Å². The van der Waals surface area contributed by atoms with E-state index in [1.807, 2.05) is 6.07 Å². The van der Waals surface area contributed by atoms with E-state index in [4.69, 9.17) is 9.47 Å². The van der Waals surface area contributed by atoms with Gasteiger partial charge >= 0.3 is 11.9 Å². The molecular weight excluding hydrogens is 270 g/mol. The molecule has 1 aromatic carbocycles. The molecule has 0 amide bonds. The summed E-state index contributed by atoms with van der Waals surface area (Å²) in [5.41, 5.74) is 1.49. The number of para-hydroxylation sites is 1. The summed E-state index contributed by atoms with van der Waals surface area (Å²) >= 11 is 0. The van der Waals surface area contributed by atoms with Crippen LogP contribution in [-0.2, 0) is 9.47 Å². The van der Waals surface area contributed by atoms with Crippen LogP contribution < -0.4 is 0 Å². The van der Waals surface area contributed by atoms with E-state index >= 15 is 0 Å². The van der Waals surface area contributed by atoms with Crippen LogP contribution in [0.3, 0.4) is 0 Å². The van der Waals surface area contributed by atoms with E-state index in [0.29, 0.717) is 16.6 Å². The number of fused-ring (bicyclic) bond motifs is 1. The molecule has 0 aliphatic heterocycles. The number of nitrogens with zero attached hydrogens (tertiary/aromatic N) is 1. The van der Waals surface area contributed by atoms with Gasteiger partial charge in [0.25, 0.3) is 0 Å². The van der Waals surface area contributed by atoms with Crippen LogP contribution in [0.4, 0.5) is 0 Å². The van der Waals surface area contributed by atoms with Crippen LogP contribution in [0.15, 0.2) is 24.3 Å². The van der Waals surface area contributed by atoms with E-state index in [1.54, 1.807) is 39.0 Å². The number of aromatic nitrogens is 1. The molecule has 0 N–H and O–H groups in total. The zero-order valence-corrected chi connectivity index (χ0v) is 12.3. The molecular formula is C16H17NO4. The van der Waals surface area contributed by atoms with Gasteiger partial charge in [0, 0.05) is 5.39 Å². The van der Waals surface area contributed by atoms with Crippen molar-refractivity contribution in [3.8, 4) is 0 Å². The molecule has 21 heavy (non-hydrogen) atoms. The van der Waals surface area contributed by atoms with Crippen LogP contribution in [-0.4, -0.2) is 30.1 Å². The summed E-state index contributed by atoms with van der Waals surface area (Å²) in [6.45, 7) is 5.58. The predicted octanol–water partition coefficient (Wildman–Crippen LogP) is 2.90. The number of pyridine rings is 1. The van der Waals surface area contributed by atoms with E-state index in [0.717, 1.165) is 0 Å². The molecule has 0 aliphatic carbocycles. The monoisotopic (exact) mass is 287 g/mol. The Kier molecular flexibility index (Phi) is 4.52. The Balaban J connectivity index is 2.75. The average molecular weight is 287 g/mol. The van der Waals surface area contributed by atoms with Gasteiger partial charge in [-0.2, -0.15) is 0 Å². The smallest absolute Gasteiger partial charge is 0.340 e. The zero-order chi connectivity index (χ0) is 15.4. The molecule has 1 aromatic heterocycles. The molecule has 2 rings (SSSR count). The van der Waals surface area contributed by atoms with Crippen LogP contribution in [0.2, 0.25) is 0 Å². The van der Waals surface area contributed by atoms with Crippen LogP contribution in [0.1, 0.15) is 40.3 Å². The third kappa shape index (κ3) is 2.86. The maximum atomic E-state index is 12.3. The molecule has 0 saturated carbocycles. The van der Waals surface area contributed by atoms with Crippen molar-refractivity contribution < 1.29 is 19.1 Å². The first-order valence-electron chi connectivity index (χ1n) is 6.83. The number of rotatable bonds is 4. The highest BCUT2D eigenvalue weighted by Crippen LogP contribution is 2.25. The summed E-state index contributed by atoms with van der Waals surface area (Å²) in [5.74, 6) is -1.10. The molecule has 2 aromatic rings. The minimum absolute atomic E-state index is 0.175. The second-order valence-corrected chi connectivity index (χ2v) is 4.41. The lowest BCUT2D eigenvalue weighted by atomic mass is 10.0. The SMILES string of the molecule is CCOC(=O)c1c(C)nc2ccccc2c1C(=O)OCC. The van der Waals surface area contributed by atoms with Crippen LogP contribution in [0, 0.1) is 6.92 Å². The van der Waals surface area contributed by atoms with E-state index < -0.39 is 11.9 Å². The van der Waals surface area contributed by atoms with Crippen molar-refractivity contribution in [1.29, 1.82) is 0 Å². The molecule has 0 aliphatic rings. The minimum atomic E-state index is -0.559. The van der Waals surface area contributed by atoms with E-state index in [-0.39, 0.29) is 24.3 Å². The van der Waals surface area contributed by atoms with Gasteiger partial charge in [-0.1, -0.05) is 18.2 Å². The lowest BCUT2D eigenvalue weighted by molar-refractivity contribution is 0.0479. The molecule has 110 valence electrons. The number of benzene rings is 1. The van der Waals surface area contributed by atoms with E-state index in [2.05, 4.69) is 4.98 Å². The Hall–Kier alpha value is -2.43. The van der Waals surface area contributed by atoms with Crippen molar-refractivity contribution >= 4 is 22.8 Å². The number of aryl methyl sites for hydroxylation is 1. The molecule has 0 fully saturated rings. The number of hydrogen-bond acceptors (Lipinski definition) is 5. The molecule has 0 atom stereocenters. The molecule has 0 unspecified atom stereocenters. The summed E-state index contributed by atoms with van der Waals surface area (Å²) in [5, 5.41) is 0.588. The Labute approximate surface area is 122 Å². The van der Waals surface area contributed by atoms with Crippen LogP contribution in [0.5, 0.6) is 0 Å². The summed E-state index contributed by atoms with van der Waals surface area (Å²) in [7, 11) is 0. The molecule has 0 bridgehead atoms. The fourth-order valence-electron chi connectivity index (χ4n) is 2.20. The van der Waals surface area contributed by atoms with E-state index in [1.165, 1.54) is 0 Å². The maximum absolute atomic E-state index is 12.3.